The minimum atomic E-state index is -5.17. The number of allylic oxidation sites excluding steroid dienone is 2. The summed E-state index contributed by atoms with van der Waals surface area (Å²) in [5.41, 5.74) is 2.69. The van der Waals surface area contributed by atoms with E-state index in [0.717, 1.165) is 50.7 Å². The van der Waals surface area contributed by atoms with Gasteiger partial charge in [-0.3, -0.25) is 0 Å². The van der Waals surface area contributed by atoms with Gasteiger partial charge in [-0.2, -0.15) is 0 Å². The van der Waals surface area contributed by atoms with Crippen molar-refractivity contribution in [1.29, 1.82) is 0 Å². The third-order valence-corrected chi connectivity index (χ3v) is 5.65. The molecule has 170 valence electrons. The molecular weight excluding hydrogens is 423 g/mol. The molecule has 1 nitrogen and oxygen atoms in total. The van der Waals surface area contributed by atoms with Gasteiger partial charge in [0.1, 0.15) is 0 Å². The third-order valence-electron chi connectivity index (χ3n) is 5.65. The molecule has 1 aliphatic carbocycles. The highest BCUT2D eigenvalue weighted by molar-refractivity contribution is 5.42. The van der Waals surface area contributed by atoms with E-state index in [0.29, 0.717) is 11.8 Å². The highest BCUT2D eigenvalue weighted by Crippen LogP contribution is 2.36. The Bertz CT molecular complexity index is 965. The first-order chi connectivity index (χ1) is 15.2. The van der Waals surface area contributed by atoms with E-state index in [1.54, 1.807) is 6.08 Å². The van der Waals surface area contributed by atoms with Crippen LogP contribution in [-0.4, -0.2) is 6.36 Å². The molecular formula is C26H25F5O. The van der Waals surface area contributed by atoms with Crippen LogP contribution < -0.4 is 4.74 Å². The summed E-state index contributed by atoms with van der Waals surface area (Å²) < 4.78 is 67.4. The minimum Gasteiger partial charge on any atom is -0.399 e. The van der Waals surface area contributed by atoms with Gasteiger partial charge in [-0.05, 0) is 73.3 Å². The maximum Gasteiger partial charge on any atom is 0.573 e. The van der Waals surface area contributed by atoms with Gasteiger partial charge in [0.15, 0.2) is 11.6 Å². The fraction of sp³-hybridized carbons (Fsp3) is 0.385. The number of hydrogen-bond donors (Lipinski definition) is 0. The Balaban J connectivity index is 1.53. The Labute approximate surface area is 185 Å². The molecule has 1 fully saturated rings. The van der Waals surface area contributed by atoms with Crippen LogP contribution in [0.25, 0.3) is 0 Å². The van der Waals surface area contributed by atoms with E-state index in [1.165, 1.54) is 11.1 Å². The largest absolute Gasteiger partial charge is 0.573 e. The molecule has 2 aromatic rings. The van der Waals surface area contributed by atoms with Crippen molar-refractivity contribution in [1.82, 2.24) is 0 Å². The summed E-state index contributed by atoms with van der Waals surface area (Å²) >= 11 is 0. The van der Waals surface area contributed by atoms with Crippen LogP contribution in [-0.2, 0) is 6.42 Å². The van der Waals surface area contributed by atoms with E-state index in [9.17, 15) is 22.0 Å². The molecule has 2 aromatic carbocycles. The second-order valence-corrected chi connectivity index (χ2v) is 8.05. The van der Waals surface area contributed by atoms with Crippen LogP contribution in [0.15, 0.2) is 48.6 Å². The van der Waals surface area contributed by atoms with E-state index in [2.05, 4.69) is 47.8 Å². The predicted octanol–water partition coefficient (Wildman–Crippen LogP) is 7.70. The zero-order valence-electron chi connectivity index (χ0n) is 17.8. The molecule has 0 bridgehead atoms. The van der Waals surface area contributed by atoms with Crippen molar-refractivity contribution in [2.75, 3.05) is 0 Å². The molecule has 1 saturated carbocycles. The van der Waals surface area contributed by atoms with Gasteiger partial charge < -0.3 is 4.74 Å². The number of ether oxygens (including phenoxy) is 1. The van der Waals surface area contributed by atoms with Gasteiger partial charge in [-0.25, -0.2) is 8.78 Å². The molecule has 0 aromatic heterocycles. The van der Waals surface area contributed by atoms with Crippen LogP contribution in [0.3, 0.4) is 0 Å². The molecule has 0 N–H and O–H groups in total. The van der Waals surface area contributed by atoms with E-state index in [4.69, 9.17) is 0 Å². The molecule has 0 heterocycles. The molecule has 0 aliphatic heterocycles. The Morgan fingerprint density at radius 3 is 2.19 bits per heavy atom. The molecule has 1 aliphatic rings. The topological polar surface area (TPSA) is 9.23 Å². The highest BCUT2D eigenvalue weighted by Gasteiger charge is 2.34. The molecule has 0 radical (unpaired) electrons. The molecule has 32 heavy (non-hydrogen) atoms. The third kappa shape index (κ3) is 6.85. The van der Waals surface area contributed by atoms with Crippen LogP contribution >= 0.6 is 0 Å². The van der Waals surface area contributed by atoms with Crippen molar-refractivity contribution >= 4 is 0 Å². The average molecular weight is 448 g/mol. The van der Waals surface area contributed by atoms with Gasteiger partial charge >= 0.3 is 6.36 Å². The molecule has 0 saturated heterocycles. The fourth-order valence-corrected chi connectivity index (χ4v) is 4.04. The quantitative estimate of drug-likeness (QED) is 0.336. The molecule has 3 rings (SSSR count). The van der Waals surface area contributed by atoms with Crippen molar-refractivity contribution in [2.24, 2.45) is 5.92 Å². The van der Waals surface area contributed by atoms with Gasteiger partial charge in [0.25, 0.3) is 0 Å². The SMILES string of the molecule is CCCc1ccc([C@H]2CC[C@H](/C=C/C#Cc3cc(F)c(OC(F)(F)F)c(F)c3)CC2)cc1. The van der Waals surface area contributed by atoms with Crippen LogP contribution in [0.4, 0.5) is 22.0 Å². The lowest BCUT2D eigenvalue weighted by molar-refractivity contribution is -0.276. The lowest BCUT2D eigenvalue weighted by Crippen LogP contribution is -2.19. The maximum absolute atomic E-state index is 13.7. The summed E-state index contributed by atoms with van der Waals surface area (Å²) in [7, 11) is 0. The lowest BCUT2D eigenvalue weighted by atomic mass is 9.78. The van der Waals surface area contributed by atoms with Gasteiger partial charge in [0, 0.05) is 5.56 Å². The Hall–Kier alpha value is -2.81. The second-order valence-electron chi connectivity index (χ2n) is 8.05. The predicted molar refractivity (Wildman–Crippen MR) is 114 cm³/mol. The normalized spacial score (nSPS) is 18.9. The zero-order chi connectivity index (χ0) is 23.1. The summed E-state index contributed by atoms with van der Waals surface area (Å²) in [4.78, 5) is 0. The molecule has 0 unspecified atom stereocenters. The summed E-state index contributed by atoms with van der Waals surface area (Å²) in [6.45, 7) is 2.17. The Kier molecular flexibility index (Phi) is 7.95. The van der Waals surface area contributed by atoms with Gasteiger partial charge in [0.05, 0.1) is 0 Å². The van der Waals surface area contributed by atoms with Gasteiger partial charge in [-0.1, -0.05) is 55.5 Å². The van der Waals surface area contributed by atoms with Crippen molar-refractivity contribution in [3.8, 4) is 17.6 Å². The number of aryl methyl sites for hydroxylation is 1. The van der Waals surface area contributed by atoms with E-state index in [1.807, 2.05) is 6.08 Å². The van der Waals surface area contributed by atoms with Crippen LogP contribution in [0.2, 0.25) is 0 Å². The van der Waals surface area contributed by atoms with Crippen molar-refractivity contribution in [2.45, 2.75) is 57.7 Å². The van der Waals surface area contributed by atoms with E-state index in [-0.39, 0.29) is 5.56 Å². The Morgan fingerprint density at radius 1 is 1.00 bits per heavy atom. The van der Waals surface area contributed by atoms with Crippen molar-refractivity contribution in [3.05, 3.63) is 76.9 Å². The van der Waals surface area contributed by atoms with Gasteiger partial charge in [0.2, 0.25) is 5.75 Å². The maximum atomic E-state index is 13.7. The first-order valence-electron chi connectivity index (χ1n) is 10.8. The molecule has 0 amide bonds. The summed E-state index contributed by atoms with van der Waals surface area (Å²) in [6.07, 6.45) is 4.94. The lowest BCUT2D eigenvalue weighted by Gasteiger charge is -2.27. The number of rotatable bonds is 5. The first kappa shape index (κ1) is 23.8. The summed E-state index contributed by atoms with van der Waals surface area (Å²) in [6, 6.07) is 10.4. The number of alkyl halides is 3. The van der Waals surface area contributed by atoms with Crippen LogP contribution in [0.1, 0.15) is 61.6 Å². The summed E-state index contributed by atoms with van der Waals surface area (Å²) in [5.74, 6) is 1.83. The minimum absolute atomic E-state index is 0.0607. The average Bonchev–Trinajstić information content (AvgIpc) is 2.74. The molecule has 6 heteroatoms. The Morgan fingerprint density at radius 2 is 1.62 bits per heavy atom. The van der Waals surface area contributed by atoms with Crippen LogP contribution in [0.5, 0.6) is 5.75 Å². The van der Waals surface area contributed by atoms with Gasteiger partial charge in [-0.15, -0.1) is 13.2 Å². The summed E-state index contributed by atoms with van der Waals surface area (Å²) in [5, 5.41) is 0. The van der Waals surface area contributed by atoms with Crippen molar-refractivity contribution in [3.63, 3.8) is 0 Å². The second kappa shape index (κ2) is 10.7. The molecule has 0 atom stereocenters. The van der Waals surface area contributed by atoms with E-state index >= 15 is 0 Å². The van der Waals surface area contributed by atoms with E-state index < -0.39 is 23.7 Å². The van der Waals surface area contributed by atoms with Crippen LogP contribution in [0, 0.1) is 29.4 Å². The smallest absolute Gasteiger partial charge is 0.399 e. The number of halogens is 5. The van der Waals surface area contributed by atoms with Crippen molar-refractivity contribution < 1.29 is 26.7 Å². The number of hydrogen-bond acceptors (Lipinski definition) is 1. The standard InChI is InChI=1S/C26H25F5O/c1-2-5-18-8-12-21(13-9-18)22-14-10-19(11-15-22)6-3-4-7-20-16-23(27)25(24(28)17-20)32-26(29,30)31/h3,6,8-9,12-13,16-17,19,22H,2,5,10-11,14-15H2,1H3/b6-3+/t19-,22-. The fourth-order valence-electron chi connectivity index (χ4n) is 4.04. The monoisotopic (exact) mass is 448 g/mol. The highest BCUT2D eigenvalue weighted by atomic mass is 19.4. The zero-order valence-corrected chi connectivity index (χ0v) is 17.8. The number of benzene rings is 2. The molecule has 0 spiro atoms. The first-order valence-corrected chi connectivity index (χ1v) is 10.8.